The minimum absolute atomic E-state index is 0.0576. The van der Waals surface area contributed by atoms with Gasteiger partial charge in [0.2, 0.25) is 0 Å². The molecule has 0 N–H and O–H groups in total. The van der Waals surface area contributed by atoms with Crippen LogP contribution in [0.4, 0.5) is 0 Å². The highest BCUT2D eigenvalue weighted by molar-refractivity contribution is 5.86. The number of Topliss-reactive ketones (excluding diaryl/α,β-unsaturated/α-hetero) is 1. The number of hydrogen-bond donors (Lipinski definition) is 0. The summed E-state index contributed by atoms with van der Waals surface area (Å²) in [6.07, 6.45) is 9.31. The van der Waals surface area contributed by atoms with Crippen LogP contribution in [0.2, 0.25) is 0 Å². The predicted molar refractivity (Wildman–Crippen MR) is 76.2 cm³/mol. The van der Waals surface area contributed by atoms with E-state index in [9.17, 15) is 4.79 Å². The minimum atomic E-state index is -0.0576. The summed E-state index contributed by atoms with van der Waals surface area (Å²) in [6, 6.07) is 0. The van der Waals surface area contributed by atoms with Crippen LogP contribution >= 0.6 is 0 Å². The van der Waals surface area contributed by atoms with Crippen molar-refractivity contribution >= 4 is 5.78 Å². The van der Waals surface area contributed by atoms with Gasteiger partial charge in [0.15, 0.2) is 0 Å². The summed E-state index contributed by atoms with van der Waals surface area (Å²) in [4.78, 5) is 12.4. The molecule has 0 aromatic carbocycles. The molecule has 102 valence electrons. The van der Waals surface area contributed by atoms with Gasteiger partial charge in [0.05, 0.1) is 0 Å². The fourth-order valence-electron chi connectivity index (χ4n) is 2.65. The van der Waals surface area contributed by atoms with E-state index in [1.807, 2.05) is 0 Å². The number of hydrogen-bond acceptors (Lipinski definition) is 1. The molecular weight excluding hydrogens is 208 g/mol. The average molecular weight is 240 g/mol. The van der Waals surface area contributed by atoms with Gasteiger partial charge >= 0.3 is 0 Å². The summed E-state index contributed by atoms with van der Waals surface area (Å²) in [5.74, 6) is 0.732. The van der Waals surface area contributed by atoms with E-state index < -0.39 is 0 Å². The second-order valence-corrected chi connectivity index (χ2v) is 5.79. The van der Waals surface area contributed by atoms with E-state index in [4.69, 9.17) is 0 Å². The summed E-state index contributed by atoms with van der Waals surface area (Å²) in [5, 5.41) is 0. The Labute approximate surface area is 108 Å². The maximum atomic E-state index is 12.4. The quantitative estimate of drug-likeness (QED) is 0.469. The van der Waals surface area contributed by atoms with Crippen LogP contribution in [0, 0.1) is 11.3 Å². The molecule has 0 saturated heterocycles. The van der Waals surface area contributed by atoms with Gasteiger partial charge in [-0.05, 0) is 19.3 Å². The van der Waals surface area contributed by atoms with Crippen molar-refractivity contribution in [3.63, 3.8) is 0 Å². The SMILES string of the molecule is CCCCCCC(C)(CCC)C(=O)C(C)CC. The second-order valence-electron chi connectivity index (χ2n) is 5.79. The van der Waals surface area contributed by atoms with Gasteiger partial charge in [-0.15, -0.1) is 0 Å². The van der Waals surface area contributed by atoms with E-state index in [1.54, 1.807) is 0 Å². The maximum absolute atomic E-state index is 12.4. The van der Waals surface area contributed by atoms with Crippen molar-refractivity contribution in [1.82, 2.24) is 0 Å². The van der Waals surface area contributed by atoms with Crippen LogP contribution in [0.5, 0.6) is 0 Å². The van der Waals surface area contributed by atoms with Gasteiger partial charge in [0.25, 0.3) is 0 Å². The highest BCUT2D eigenvalue weighted by Gasteiger charge is 2.33. The summed E-state index contributed by atoms with van der Waals surface area (Å²) in [6.45, 7) is 10.8. The Morgan fingerprint density at radius 2 is 1.65 bits per heavy atom. The van der Waals surface area contributed by atoms with Crippen molar-refractivity contribution in [2.24, 2.45) is 11.3 Å². The van der Waals surface area contributed by atoms with Gasteiger partial charge in [-0.2, -0.15) is 0 Å². The lowest BCUT2D eigenvalue weighted by Crippen LogP contribution is -2.32. The van der Waals surface area contributed by atoms with E-state index in [0.29, 0.717) is 5.78 Å². The summed E-state index contributed by atoms with van der Waals surface area (Å²) >= 11 is 0. The molecule has 0 rings (SSSR count). The zero-order valence-corrected chi connectivity index (χ0v) is 12.6. The number of ketones is 1. The monoisotopic (exact) mass is 240 g/mol. The largest absolute Gasteiger partial charge is 0.299 e. The molecule has 0 aromatic heterocycles. The lowest BCUT2D eigenvalue weighted by molar-refractivity contribution is -0.132. The Bertz CT molecular complexity index is 210. The molecule has 0 aliphatic heterocycles. The molecule has 2 atom stereocenters. The van der Waals surface area contributed by atoms with Gasteiger partial charge in [-0.3, -0.25) is 4.79 Å². The molecule has 0 saturated carbocycles. The zero-order valence-electron chi connectivity index (χ0n) is 12.6. The third kappa shape index (κ3) is 5.70. The fourth-order valence-corrected chi connectivity index (χ4v) is 2.65. The summed E-state index contributed by atoms with van der Waals surface area (Å²) in [7, 11) is 0. The van der Waals surface area contributed by atoms with Crippen LogP contribution in [0.3, 0.4) is 0 Å². The molecule has 0 aromatic rings. The Morgan fingerprint density at radius 3 is 2.12 bits per heavy atom. The van der Waals surface area contributed by atoms with Crippen LogP contribution in [-0.2, 0) is 4.79 Å². The van der Waals surface area contributed by atoms with Crippen LogP contribution in [0.25, 0.3) is 0 Å². The molecule has 0 aliphatic carbocycles. The fraction of sp³-hybridized carbons (Fsp3) is 0.938. The Hall–Kier alpha value is -0.330. The van der Waals surface area contributed by atoms with Crippen molar-refractivity contribution in [3.05, 3.63) is 0 Å². The number of rotatable bonds is 10. The normalized spacial score (nSPS) is 16.5. The standard InChI is InChI=1S/C16H32O/c1-6-9-10-11-13-16(5,12-7-2)15(17)14(4)8-3/h14H,6-13H2,1-5H3. The number of unbranched alkanes of at least 4 members (excludes halogenated alkanes) is 3. The van der Waals surface area contributed by atoms with Crippen LogP contribution in [0.15, 0.2) is 0 Å². The highest BCUT2D eigenvalue weighted by atomic mass is 16.1. The number of carbonyl (C=O) groups is 1. The molecule has 0 fully saturated rings. The van der Waals surface area contributed by atoms with Crippen LogP contribution in [0.1, 0.15) is 86.0 Å². The summed E-state index contributed by atoms with van der Waals surface area (Å²) in [5.41, 5.74) is -0.0576. The highest BCUT2D eigenvalue weighted by Crippen LogP contribution is 2.34. The van der Waals surface area contributed by atoms with Crippen molar-refractivity contribution in [2.45, 2.75) is 86.0 Å². The third-order valence-corrected chi connectivity index (χ3v) is 4.04. The molecule has 2 unspecified atom stereocenters. The molecular formula is C16H32O. The molecule has 1 nitrogen and oxygen atoms in total. The van der Waals surface area contributed by atoms with E-state index in [0.717, 1.165) is 25.7 Å². The molecule has 0 radical (unpaired) electrons. The average Bonchev–Trinajstić information content (AvgIpc) is 2.33. The first-order valence-electron chi connectivity index (χ1n) is 7.56. The van der Waals surface area contributed by atoms with Crippen molar-refractivity contribution < 1.29 is 4.79 Å². The number of carbonyl (C=O) groups excluding carboxylic acids is 1. The first-order valence-corrected chi connectivity index (χ1v) is 7.56. The minimum Gasteiger partial charge on any atom is -0.299 e. The summed E-state index contributed by atoms with van der Waals surface area (Å²) < 4.78 is 0. The predicted octanol–water partition coefficient (Wildman–Crippen LogP) is 5.38. The smallest absolute Gasteiger partial charge is 0.141 e. The Morgan fingerprint density at radius 1 is 1.00 bits per heavy atom. The topological polar surface area (TPSA) is 17.1 Å². The lowest BCUT2D eigenvalue weighted by atomic mass is 9.72. The Kier molecular flexibility index (Phi) is 8.55. The molecule has 0 bridgehead atoms. The third-order valence-electron chi connectivity index (χ3n) is 4.04. The molecule has 0 spiro atoms. The van der Waals surface area contributed by atoms with E-state index >= 15 is 0 Å². The molecule has 0 amide bonds. The van der Waals surface area contributed by atoms with Gasteiger partial charge in [-0.25, -0.2) is 0 Å². The van der Waals surface area contributed by atoms with Crippen LogP contribution < -0.4 is 0 Å². The van der Waals surface area contributed by atoms with Gasteiger partial charge in [0, 0.05) is 11.3 Å². The van der Waals surface area contributed by atoms with E-state index in [2.05, 4.69) is 34.6 Å². The van der Waals surface area contributed by atoms with E-state index in [1.165, 1.54) is 25.7 Å². The van der Waals surface area contributed by atoms with Gasteiger partial charge in [-0.1, -0.05) is 66.7 Å². The molecule has 17 heavy (non-hydrogen) atoms. The van der Waals surface area contributed by atoms with Crippen molar-refractivity contribution in [1.29, 1.82) is 0 Å². The van der Waals surface area contributed by atoms with E-state index in [-0.39, 0.29) is 11.3 Å². The Balaban J connectivity index is 4.38. The molecule has 0 aliphatic rings. The molecule has 1 heteroatoms. The van der Waals surface area contributed by atoms with Crippen LogP contribution in [-0.4, -0.2) is 5.78 Å². The maximum Gasteiger partial charge on any atom is 0.141 e. The zero-order chi connectivity index (χ0) is 13.3. The lowest BCUT2D eigenvalue weighted by Gasteiger charge is -2.30. The second kappa shape index (κ2) is 8.72. The van der Waals surface area contributed by atoms with Gasteiger partial charge in [0.1, 0.15) is 5.78 Å². The van der Waals surface area contributed by atoms with Gasteiger partial charge < -0.3 is 0 Å². The first-order chi connectivity index (χ1) is 8.01. The van der Waals surface area contributed by atoms with Crippen molar-refractivity contribution in [2.75, 3.05) is 0 Å². The van der Waals surface area contributed by atoms with Crippen molar-refractivity contribution in [3.8, 4) is 0 Å². The molecule has 0 heterocycles. The first kappa shape index (κ1) is 16.7.